The zero-order valence-electron chi connectivity index (χ0n) is 15.5. The Morgan fingerprint density at radius 2 is 1.97 bits per heavy atom. The number of anilines is 1. The van der Waals surface area contributed by atoms with Gasteiger partial charge in [0.1, 0.15) is 0 Å². The minimum absolute atomic E-state index is 0.102. The fourth-order valence-corrected chi connectivity index (χ4v) is 3.94. The monoisotopic (exact) mass is 431 g/mol. The molecule has 9 nitrogen and oxygen atoms in total. The number of rotatable bonds is 4. The zero-order valence-corrected chi connectivity index (χ0v) is 17.1. The Morgan fingerprint density at radius 1 is 1.24 bits per heavy atom. The minimum atomic E-state index is -0.797. The maximum Gasteiger partial charge on any atom is 0.333 e. The van der Waals surface area contributed by atoms with Gasteiger partial charge in [0, 0.05) is 30.1 Å². The molecule has 0 aliphatic carbocycles. The molecular formula is C18H16ClN6O3S+. The molecule has 29 heavy (non-hydrogen) atoms. The highest BCUT2D eigenvalue weighted by Gasteiger charge is 2.50. The number of thiazole rings is 1. The third kappa shape index (κ3) is 3.52. The molecule has 1 aromatic heterocycles. The molecule has 2 aliphatic rings. The average molecular weight is 432 g/mol. The van der Waals surface area contributed by atoms with Crippen molar-refractivity contribution in [2.75, 3.05) is 26.0 Å². The summed E-state index contributed by atoms with van der Waals surface area (Å²) in [5.41, 5.74) is 1.62. The van der Waals surface area contributed by atoms with Crippen molar-refractivity contribution in [1.29, 1.82) is 0 Å². The van der Waals surface area contributed by atoms with E-state index in [4.69, 9.17) is 11.6 Å². The highest BCUT2D eigenvalue weighted by molar-refractivity contribution is 7.14. The lowest BCUT2D eigenvalue weighted by molar-refractivity contribution is -0.519. The van der Waals surface area contributed by atoms with E-state index < -0.39 is 18.0 Å². The first-order valence-corrected chi connectivity index (χ1v) is 9.84. The number of aromatic nitrogens is 1. The van der Waals surface area contributed by atoms with Crippen LogP contribution in [0.3, 0.4) is 0 Å². The van der Waals surface area contributed by atoms with E-state index in [9.17, 15) is 14.4 Å². The van der Waals surface area contributed by atoms with Crippen LogP contribution in [0.25, 0.3) is 11.3 Å². The lowest BCUT2D eigenvalue weighted by atomic mass is 10.1. The van der Waals surface area contributed by atoms with Crippen molar-refractivity contribution in [2.45, 2.75) is 6.04 Å². The summed E-state index contributed by atoms with van der Waals surface area (Å²) in [5.74, 6) is -0.456. The first-order valence-electron chi connectivity index (χ1n) is 8.58. The Bertz CT molecular complexity index is 1080. The number of likely N-dealkylation sites (N-methyl/N-ethyl adjacent to an activating group) is 2. The Morgan fingerprint density at radius 3 is 2.69 bits per heavy atom. The van der Waals surface area contributed by atoms with Crippen LogP contribution in [-0.4, -0.2) is 76.1 Å². The van der Waals surface area contributed by atoms with Crippen molar-refractivity contribution in [3.63, 3.8) is 0 Å². The van der Waals surface area contributed by atoms with Crippen LogP contribution in [0.2, 0.25) is 5.02 Å². The smallest absolute Gasteiger partial charge is 0.299 e. The van der Waals surface area contributed by atoms with Crippen molar-refractivity contribution >= 4 is 58.1 Å². The summed E-state index contributed by atoms with van der Waals surface area (Å²) in [5, 5.41) is 5.65. The molecule has 3 heterocycles. The maximum atomic E-state index is 12.5. The second-order valence-electron chi connectivity index (χ2n) is 6.51. The van der Waals surface area contributed by atoms with Crippen LogP contribution in [0, 0.1) is 0 Å². The zero-order chi connectivity index (χ0) is 20.7. The summed E-state index contributed by atoms with van der Waals surface area (Å²) in [4.78, 5) is 47.9. The van der Waals surface area contributed by atoms with Gasteiger partial charge in [0.2, 0.25) is 0 Å². The predicted molar refractivity (Wildman–Crippen MR) is 110 cm³/mol. The Balaban J connectivity index is 1.43. The minimum Gasteiger partial charge on any atom is -0.299 e. The Hall–Kier alpha value is -3.11. The van der Waals surface area contributed by atoms with Crippen molar-refractivity contribution < 1.29 is 19.0 Å². The van der Waals surface area contributed by atoms with Crippen LogP contribution in [0.1, 0.15) is 0 Å². The molecule has 0 bridgehead atoms. The van der Waals surface area contributed by atoms with Gasteiger partial charge in [0.25, 0.3) is 30.0 Å². The lowest BCUT2D eigenvalue weighted by Gasteiger charge is -2.30. The number of carbonyl (C=O) groups excluding carboxylic acids is 3. The number of amidine groups is 1. The summed E-state index contributed by atoms with van der Waals surface area (Å²) >= 11 is 7.20. The van der Waals surface area contributed by atoms with Gasteiger partial charge in [-0.2, -0.15) is 0 Å². The standard InChI is InChI=1S/C18H15ClN6O3S/c1-23-15-14(16(27)24(2)18(23)28)25(9-20-15)7-13(26)22-17-21-12(8-29-17)10-3-5-11(19)6-4-10/h3-6,8-9,14H,7H2,1-2H3/p+1. The summed E-state index contributed by atoms with van der Waals surface area (Å²) < 4.78 is 1.50. The van der Waals surface area contributed by atoms with E-state index in [0.29, 0.717) is 16.0 Å². The number of nitrogens with one attached hydrogen (secondary N) is 1. The molecule has 0 spiro atoms. The first-order chi connectivity index (χ1) is 13.8. The van der Waals surface area contributed by atoms with Crippen LogP contribution in [0.5, 0.6) is 0 Å². The number of carbonyl (C=O) groups is 3. The molecule has 1 unspecified atom stereocenters. The molecule has 1 N–H and O–H groups in total. The number of hydrogen-bond donors (Lipinski definition) is 1. The van der Waals surface area contributed by atoms with Gasteiger partial charge >= 0.3 is 6.03 Å². The molecule has 1 aromatic carbocycles. The second-order valence-corrected chi connectivity index (χ2v) is 7.80. The van der Waals surface area contributed by atoms with Crippen molar-refractivity contribution in [3.05, 3.63) is 34.7 Å². The molecule has 4 rings (SSSR count). The van der Waals surface area contributed by atoms with E-state index in [1.807, 2.05) is 17.5 Å². The second kappa shape index (κ2) is 7.37. The normalized spacial score (nSPS) is 18.5. The van der Waals surface area contributed by atoms with Crippen LogP contribution in [0.15, 0.2) is 34.6 Å². The molecule has 1 fully saturated rings. The average Bonchev–Trinajstić information content (AvgIpc) is 3.32. The van der Waals surface area contributed by atoms with Crippen molar-refractivity contribution in [2.24, 2.45) is 4.99 Å². The van der Waals surface area contributed by atoms with Gasteiger partial charge in [-0.25, -0.2) is 14.4 Å². The SMILES string of the molecule is CN1C(=O)C2C(=NC=[N+]2CC(=O)Nc2nc(-c3ccc(Cl)cc3)cs2)N(C)C1=O. The Kier molecular flexibility index (Phi) is 4.89. The van der Waals surface area contributed by atoms with Crippen LogP contribution >= 0.6 is 22.9 Å². The number of urea groups is 1. The van der Waals surface area contributed by atoms with Gasteiger partial charge in [0.05, 0.1) is 5.69 Å². The molecule has 11 heteroatoms. The summed E-state index contributed by atoms with van der Waals surface area (Å²) in [6.45, 7) is -0.102. The van der Waals surface area contributed by atoms with E-state index in [1.165, 1.54) is 34.2 Å². The van der Waals surface area contributed by atoms with E-state index in [-0.39, 0.29) is 12.5 Å². The third-order valence-electron chi connectivity index (χ3n) is 4.61. The van der Waals surface area contributed by atoms with E-state index in [2.05, 4.69) is 15.3 Å². The maximum absolute atomic E-state index is 12.5. The first kappa shape index (κ1) is 19.2. The molecule has 2 aromatic rings. The number of amides is 4. The van der Waals surface area contributed by atoms with Crippen LogP contribution < -0.4 is 5.32 Å². The van der Waals surface area contributed by atoms with Crippen molar-refractivity contribution in [3.8, 4) is 11.3 Å². The van der Waals surface area contributed by atoms with Crippen molar-refractivity contribution in [1.82, 2.24) is 14.8 Å². The van der Waals surface area contributed by atoms with E-state index in [1.54, 1.807) is 19.2 Å². The highest BCUT2D eigenvalue weighted by atomic mass is 35.5. The van der Waals surface area contributed by atoms with Gasteiger partial charge in [-0.15, -0.1) is 11.3 Å². The quantitative estimate of drug-likeness (QED) is 0.745. The number of hydrogen-bond acceptors (Lipinski definition) is 6. The summed E-state index contributed by atoms with van der Waals surface area (Å²) in [6, 6.07) is 6.00. The largest absolute Gasteiger partial charge is 0.333 e. The van der Waals surface area contributed by atoms with Gasteiger partial charge in [-0.05, 0) is 17.1 Å². The van der Waals surface area contributed by atoms with Crippen LogP contribution in [-0.2, 0) is 9.59 Å². The molecule has 0 saturated carbocycles. The number of fused-ring (bicyclic) bond motifs is 1. The van der Waals surface area contributed by atoms with E-state index >= 15 is 0 Å². The fourth-order valence-electron chi connectivity index (χ4n) is 3.08. The number of imide groups is 1. The highest BCUT2D eigenvalue weighted by Crippen LogP contribution is 2.26. The topological polar surface area (TPSA) is 98.0 Å². The van der Waals surface area contributed by atoms with Gasteiger partial charge in [0.15, 0.2) is 11.7 Å². The Labute approximate surface area is 174 Å². The molecule has 148 valence electrons. The molecule has 0 radical (unpaired) electrons. The van der Waals surface area contributed by atoms with Gasteiger partial charge in [-0.1, -0.05) is 23.7 Å². The number of halogens is 1. The number of nitrogens with zero attached hydrogens (tertiary/aromatic N) is 5. The van der Waals surface area contributed by atoms with E-state index in [0.717, 1.165) is 16.2 Å². The summed E-state index contributed by atoms with van der Waals surface area (Å²) in [6.07, 6.45) is 1.40. The molecule has 2 aliphatic heterocycles. The molecule has 1 saturated heterocycles. The lowest BCUT2D eigenvalue weighted by Crippen LogP contribution is -2.61. The predicted octanol–water partition coefficient (Wildman–Crippen LogP) is 1.75. The fraction of sp³-hybridized carbons (Fsp3) is 0.222. The van der Waals surface area contributed by atoms with Crippen LogP contribution in [0.4, 0.5) is 9.93 Å². The number of benzene rings is 1. The molecule has 1 atom stereocenters. The van der Waals surface area contributed by atoms with Gasteiger partial charge in [-0.3, -0.25) is 24.7 Å². The molecular weight excluding hydrogens is 416 g/mol. The third-order valence-corrected chi connectivity index (χ3v) is 5.62. The van der Waals surface area contributed by atoms with Gasteiger partial charge < -0.3 is 0 Å². The molecule has 4 amide bonds. The number of aliphatic imine (C=N–C) groups is 1. The summed E-state index contributed by atoms with van der Waals surface area (Å²) in [7, 11) is 2.95.